The summed E-state index contributed by atoms with van der Waals surface area (Å²) in [4.78, 5) is 7.23. The number of rotatable bonds is 6. The molecule has 0 fully saturated rings. The van der Waals surface area contributed by atoms with Crippen molar-refractivity contribution in [3.05, 3.63) is 28.8 Å². The summed E-state index contributed by atoms with van der Waals surface area (Å²) in [5, 5.41) is 4.27. The Balaban J connectivity index is 2.00. The molecule has 0 saturated heterocycles. The van der Waals surface area contributed by atoms with Gasteiger partial charge in [-0.25, -0.2) is 0 Å². The maximum Gasteiger partial charge on any atom is 0.102 e. The molecule has 0 aliphatic carbocycles. The molecule has 0 atom stereocenters. The van der Waals surface area contributed by atoms with Gasteiger partial charge in [-0.05, 0) is 55.2 Å². The van der Waals surface area contributed by atoms with E-state index in [1.54, 1.807) is 0 Å². The standard InChI is InChI=1S/C18H28ClN3/c1-5-22(6-2)11-7-10-20-17-13-18(3,4)15-12-14(19)8-9-16(15)21-17/h8-9,12H,5-7,10-11,13H2,1-4H3,(H,20,21). The summed E-state index contributed by atoms with van der Waals surface area (Å²) in [7, 11) is 0. The lowest BCUT2D eigenvalue weighted by molar-refractivity contribution is 0.302. The van der Waals surface area contributed by atoms with Crippen LogP contribution in [0.3, 0.4) is 0 Å². The van der Waals surface area contributed by atoms with Gasteiger partial charge in [0.2, 0.25) is 0 Å². The van der Waals surface area contributed by atoms with Gasteiger partial charge in [0, 0.05) is 23.7 Å². The maximum atomic E-state index is 6.14. The number of fused-ring (bicyclic) bond motifs is 1. The third-order valence-corrected chi connectivity index (χ3v) is 4.66. The zero-order valence-electron chi connectivity index (χ0n) is 14.2. The second-order valence-corrected chi connectivity index (χ2v) is 7.02. The molecule has 1 N–H and O–H groups in total. The summed E-state index contributed by atoms with van der Waals surface area (Å²) in [5.41, 5.74) is 2.49. The van der Waals surface area contributed by atoms with Gasteiger partial charge < -0.3 is 10.2 Å². The Kier molecular flexibility index (Phi) is 5.87. The van der Waals surface area contributed by atoms with E-state index in [1.165, 1.54) is 5.56 Å². The van der Waals surface area contributed by atoms with Crippen LogP contribution in [0.4, 0.5) is 5.69 Å². The predicted octanol–water partition coefficient (Wildman–Crippen LogP) is 4.56. The molecule has 1 aliphatic heterocycles. The number of hydrogen-bond donors (Lipinski definition) is 1. The molecule has 0 bridgehead atoms. The lowest BCUT2D eigenvalue weighted by Gasteiger charge is -2.34. The van der Waals surface area contributed by atoms with Crippen molar-refractivity contribution in [3.63, 3.8) is 0 Å². The number of nitrogens with one attached hydrogen (secondary N) is 1. The average Bonchev–Trinajstić information content (AvgIpc) is 2.48. The molecule has 1 aromatic rings. The molecule has 0 aromatic heterocycles. The molecule has 22 heavy (non-hydrogen) atoms. The van der Waals surface area contributed by atoms with Crippen LogP contribution in [-0.4, -0.2) is 36.9 Å². The van der Waals surface area contributed by atoms with Crippen LogP contribution in [0.25, 0.3) is 0 Å². The van der Waals surface area contributed by atoms with Crippen LogP contribution >= 0.6 is 11.6 Å². The molecule has 1 heterocycles. The highest BCUT2D eigenvalue weighted by Crippen LogP contribution is 2.38. The molecule has 4 heteroatoms. The van der Waals surface area contributed by atoms with E-state index in [1.807, 2.05) is 6.07 Å². The van der Waals surface area contributed by atoms with Gasteiger partial charge in [0.1, 0.15) is 5.84 Å². The Hall–Kier alpha value is -1.06. The summed E-state index contributed by atoms with van der Waals surface area (Å²) < 4.78 is 0. The second-order valence-electron chi connectivity index (χ2n) is 6.58. The highest BCUT2D eigenvalue weighted by atomic mass is 35.5. The zero-order valence-corrected chi connectivity index (χ0v) is 15.0. The Morgan fingerprint density at radius 2 is 2.00 bits per heavy atom. The SMILES string of the molecule is CCN(CC)CCCN=C1CC(C)(C)c2cc(Cl)ccc2N1. The van der Waals surface area contributed by atoms with E-state index in [2.05, 4.69) is 50.0 Å². The maximum absolute atomic E-state index is 6.14. The van der Waals surface area contributed by atoms with Crippen LogP contribution in [0, 0.1) is 0 Å². The number of anilines is 1. The third kappa shape index (κ3) is 4.23. The fourth-order valence-corrected chi connectivity index (χ4v) is 3.21. The minimum atomic E-state index is 0.0726. The summed E-state index contributed by atoms with van der Waals surface area (Å²) in [6.07, 6.45) is 2.05. The zero-order chi connectivity index (χ0) is 16.2. The van der Waals surface area contributed by atoms with Crippen LogP contribution in [0.1, 0.15) is 46.1 Å². The summed E-state index contributed by atoms with van der Waals surface area (Å²) in [6, 6.07) is 6.07. The smallest absolute Gasteiger partial charge is 0.102 e. The van der Waals surface area contributed by atoms with Gasteiger partial charge in [-0.1, -0.05) is 39.3 Å². The molecule has 2 rings (SSSR count). The second kappa shape index (κ2) is 7.47. The van der Waals surface area contributed by atoms with Crippen molar-refractivity contribution >= 4 is 23.1 Å². The van der Waals surface area contributed by atoms with Crippen molar-refractivity contribution < 1.29 is 0 Å². The van der Waals surface area contributed by atoms with Crippen LogP contribution in [0.2, 0.25) is 5.02 Å². The fraction of sp³-hybridized carbons (Fsp3) is 0.611. The monoisotopic (exact) mass is 321 g/mol. The first-order valence-electron chi connectivity index (χ1n) is 8.29. The normalized spacial score (nSPS) is 18.4. The number of halogens is 1. The Labute approximate surface area is 139 Å². The van der Waals surface area contributed by atoms with Crippen molar-refractivity contribution in [2.75, 3.05) is 31.5 Å². The minimum absolute atomic E-state index is 0.0726. The molecule has 0 saturated carbocycles. The fourth-order valence-electron chi connectivity index (χ4n) is 3.04. The molecule has 0 unspecified atom stereocenters. The van der Waals surface area contributed by atoms with Crippen molar-refractivity contribution in [2.45, 2.75) is 46.0 Å². The number of hydrogen-bond acceptors (Lipinski definition) is 2. The minimum Gasteiger partial charge on any atom is -0.344 e. The van der Waals surface area contributed by atoms with E-state index in [-0.39, 0.29) is 5.41 Å². The lowest BCUT2D eigenvalue weighted by Crippen LogP contribution is -2.33. The molecular weight excluding hydrogens is 294 g/mol. The first-order chi connectivity index (χ1) is 10.5. The summed E-state index contributed by atoms with van der Waals surface area (Å²) >= 11 is 6.14. The lowest BCUT2D eigenvalue weighted by atomic mass is 9.78. The Morgan fingerprint density at radius 1 is 1.27 bits per heavy atom. The van der Waals surface area contributed by atoms with Gasteiger partial charge in [-0.2, -0.15) is 0 Å². The van der Waals surface area contributed by atoms with E-state index in [0.29, 0.717) is 0 Å². The van der Waals surface area contributed by atoms with Gasteiger partial charge in [0.15, 0.2) is 0 Å². The summed E-state index contributed by atoms with van der Waals surface area (Å²) in [6.45, 7) is 13.2. The third-order valence-electron chi connectivity index (χ3n) is 4.43. The van der Waals surface area contributed by atoms with Crippen molar-refractivity contribution in [3.8, 4) is 0 Å². The summed E-state index contributed by atoms with van der Waals surface area (Å²) in [5.74, 6) is 1.10. The largest absolute Gasteiger partial charge is 0.344 e. The molecule has 1 aromatic carbocycles. The quantitative estimate of drug-likeness (QED) is 0.778. The average molecular weight is 322 g/mol. The number of amidine groups is 1. The first kappa shape index (κ1) is 17.3. The van der Waals surface area contributed by atoms with Crippen LogP contribution in [0.5, 0.6) is 0 Å². The highest BCUT2D eigenvalue weighted by Gasteiger charge is 2.30. The van der Waals surface area contributed by atoms with Crippen molar-refractivity contribution in [1.29, 1.82) is 0 Å². The molecular formula is C18H28ClN3. The van der Waals surface area contributed by atoms with Crippen molar-refractivity contribution in [2.24, 2.45) is 4.99 Å². The first-order valence-corrected chi connectivity index (χ1v) is 8.66. The Bertz CT molecular complexity index is 533. The van der Waals surface area contributed by atoms with Gasteiger partial charge in [-0.15, -0.1) is 0 Å². The van der Waals surface area contributed by atoms with Gasteiger partial charge in [0.25, 0.3) is 0 Å². The van der Waals surface area contributed by atoms with E-state index < -0.39 is 0 Å². The molecule has 0 amide bonds. The topological polar surface area (TPSA) is 27.6 Å². The van der Waals surface area contributed by atoms with Gasteiger partial charge >= 0.3 is 0 Å². The number of nitrogens with zero attached hydrogens (tertiary/aromatic N) is 2. The van der Waals surface area contributed by atoms with Crippen LogP contribution in [0.15, 0.2) is 23.2 Å². The van der Waals surface area contributed by atoms with E-state index in [4.69, 9.17) is 16.6 Å². The van der Waals surface area contributed by atoms with Gasteiger partial charge in [-0.3, -0.25) is 4.99 Å². The molecule has 3 nitrogen and oxygen atoms in total. The molecule has 1 aliphatic rings. The molecule has 0 radical (unpaired) electrons. The predicted molar refractivity (Wildman–Crippen MR) is 97.4 cm³/mol. The van der Waals surface area contributed by atoms with E-state index in [9.17, 15) is 0 Å². The van der Waals surface area contributed by atoms with Gasteiger partial charge in [0.05, 0.1) is 0 Å². The van der Waals surface area contributed by atoms with Crippen molar-refractivity contribution in [1.82, 2.24) is 4.90 Å². The van der Waals surface area contributed by atoms with E-state index >= 15 is 0 Å². The van der Waals surface area contributed by atoms with Crippen LogP contribution in [-0.2, 0) is 5.41 Å². The molecule has 122 valence electrons. The van der Waals surface area contributed by atoms with E-state index in [0.717, 1.165) is 55.6 Å². The number of benzene rings is 1. The number of aliphatic imine (C=N–C) groups is 1. The molecule has 0 spiro atoms. The highest BCUT2D eigenvalue weighted by molar-refractivity contribution is 6.30. The Morgan fingerprint density at radius 3 is 2.68 bits per heavy atom. The van der Waals surface area contributed by atoms with Crippen LogP contribution < -0.4 is 5.32 Å².